The summed E-state index contributed by atoms with van der Waals surface area (Å²) in [5, 5.41) is 4.45. The van der Waals surface area contributed by atoms with Gasteiger partial charge < -0.3 is 5.32 Å². The molecule has 1 saturated heterocycles. The molecular weight excluding hydrogens is 252 g/mol. The van der Waals surface area contributed by atoms with Crippen LogP contribution in [0.3, 0.4) is 0 Å². The van der Waals surface area contributed by atoms with Crippen LogP contribution in [-0.2, 0) is 10.8 Å². The van der Waals surface area contributed by atoms with Crippen LogP contribution in [0.25, 0.3) is 10.2 Å². The first kappa shape index (κ1) is 11.2. The summed E-state index contributed by atoms with van der Waals surface area (Å²) in [6.07, 6.45) is 1.98. The lowest BCUT2D eigenvalue weighted by molar-refractivity contribution is 0.624. The zero-order valence-corrected chi connectivity index (χ0v) is 11.0. The molecule has 0 amide bonds. The molecule has 1 aromatic heterocycles. The molecule has 0 unspecified atom stereocenters. The molecule has 1 aromatic carbocycles. The number of fused-ring (bicyclic) bond motifs is 1. The van der Waals surface area contributed by atoms with Gasteiger partial charge in [0.15, 0.2) is 5.13 Å². The standard InChI is InChI=1S/C12H14N2OS2/c15-17-7-5-9(6-8-17)13-12-14-10-3-1-2-4-11(10)16-12/h1-4,9H,5-8H2,(H,13,14). The monoisotopic (exact) mass is 266 g/mol. The Morgan fingerprint density at radius 2 is 2.06 bits per heavy atom. The van der Waals surface area contributed by atoms with Crippen LogP contribution in [0.4, 0.5) is 5.13 Å². The third kappa shape index (κ3) is 2.50. The average Bonchev–Trinajstić information content (AvgIpc) is 2.74. The molecule has 3 rings (SSSR count). The Hall–Kier alpha value is -0.940. The number of anilines is 1. The number of benzene rings is 1. The Bertz CT molecular complexity index is 509. The number of rotatable bonds is 2. The highest BCUT2D eigenvalue weighted by Crippen LogP contribution is 2.27. The lowest BCUT2D eigenvalue weighted by Crippen LogP contribution is -2.29. The molecule has 1 fully saturated rings. The molecule has 2 heterocycles. The summed E-state index contributed by atoms with van der Waals surface area (Å²) in [5.41, 5.74) is 1.05. The minimum absolute atomic E-state index is 0.438. The molecular formula is C12H14N2OS2. The minimum atomic E-state index is -0.591. The van der Waals surface area contributed by atoms with E-state index in [1.807, 2.05) is 18.2 Å². The number of nitrogens with zero attached hydrogens (tertiary/aromatic N) is 1. The Balaban J connectivity index is 1.74. The highest BCUT2D eigenvalue weighted by molar-refractivity contribution is 7.85. The van der Waals surface area contributed by atoms with Gasteiger partial charge in [0.25, 0.3) is 0 Å². The second kappa shape index (κ2) is 4.74. The first-order chi connectivity index (χ1) is 8.31. The Morgan fingerprint density at radius 1 is 1.29 bits per heavy atom. The summed E-state index contributed by atoms with van der Waals surface area (Å²) in [4.78, 5) is 4.56. The molecule has 3 nitrogen and oxygen atoms in total. The summed E-state index contributed by atoms with van der Waals surface area (Å²) in [6, 6.07) is 8.61. The number of hydrogen-bond donors (Lipinski definition) is 1. The van der Waals surface area contributed by atoms with Crippen molar-refractivity contribution in [2.75, 3.05) is 16.8 Å². The van der Waals surface area contributed by atoms with Crippen molar-refractivity contribution in [3.8, 4) is 0 Å². The lowest BCUT2D eigenvalue weighted by Gasteiger charge is -2.21. The fourth-order valence-electron chi connectivity index (χ4n) is 2.05. The van der Waals surface area contributed by atoms with Crippen LogP contribution in [0.1, 0.15) is 12.8 Å². The van der Waals surface area contributed by atoms with Crippen molar-refractivity contribution in [1.82, 2.24) is 4.98 Å². The van der Waals surface area contributed by atoms with Gasteiger partial charge in [0.1, 0.15) is 0 Å². The number of aromatic nitrogens is 1. The molecule has 0 aliphatic carbocycles. The van der Waals surface area contributed by atoms with Crippen molar-refractivity contribution in [3.63, 3.8) is 0 Å². The van der Waals surface area contributed by atoms with Gasteiger partial charge in [0, 0.05) is 28.3 Å². The van der Waals surface area contributed by atoms with Crippen molar-refractivity contribution in [2.24, 2.45) is 0 Å². The van der Waals surface area contributed by atoms with Gasteiger partial charge in [-0.05, 0) is 25.0 Å². The molecule has 1 aliphatic heterocycles. The zero-order chi connectivity index (χ0) is 11.7. The van der Waals surface area contributed by atoms with Gasteiger partial charge in [-0.15, -0.1) is 0 Å². The Morgan fingerprint density at radius 3 is 2.82 bits per heavy atom. The van der Waals surface area contributed by atoms with Gasteiger partial charge in [-0.2, -0.15) is 0 Å². The second-order valence-electron chi connectivity index (χ2n) is 4.25. The average molecular weight is 266 g/mol. The largest absolute Gasteiger partial charge is 0.359 e. The first-order valence-electron chi connectivity index (χ1n) is 5.78. The molecule has 0 atom stereocenters. The molecule has 90 valence electrons. The molecule has 5 heteroatoms. The van der Waals surface area contributed by atoms with Gasteiger partial charge in [0.2, 0.25) is 0 Å². The second-order valence-corrected chi connectivity index (χ2v) is 6.98. The van der Waals surface area contributed by atoms with Crippen LogP contribution in [0.15, 0.2) is 24.3 Å². The predicted molar refractivity (Wildman–Crippen MR) is 74.1 cm³/mol. The molecule has 1 N–H and O–H groups in total. The van der Waals surface area contributed by atoms with Crippen LogP contribution in [-0.4, -0.2) is 26.7 Å². The van der Waals surface area contributed by atoms with Gasteiger partial charge in [-0.25, -0.2) is 4.98 Å². The topological polar surface area (TPSA) is 42.0 Å². The molecule has 0 radical (unpaired) electrons. The van der Waals surface area contributed by atoms with E-state index in [0.29, 0.717) is 6.04 Å². The van der Waals surface area contributed by atoms with E-state index in [-0.39, 0.29) is 0 Å². The van der Waals surface area contributed by atoms with Crippen LogP contribution < -0.4 is 5.32 Å². The van der Waals surface area contributed by atoms with Gasteiger partial charge >= 0.3 is 0 Å². The zero-order valence-electron chi connectivity index (χ0n) is 9.39. The van der Waals surface area contributed by atoms with E-state index < -0.39 is 10.8 Å². The molecule has 0 saturated carbocycles. The normalized spacial score (nSPS) is 24.9. The SMILES string of the molecule is O=S1CCC(Nc2nc3ccccc3s2)CC1. The van der Waals surface area contributed by atoms with Gasteiger partial charge in [-0.1, -0.05) is 23.5 Å². The highest BCUT2D eigenvalue weighted by atomic mass is 32.2. The first-order valence-corrected chi connectivity index (χ1v) is 8.09. The van der Waals surface area contributed by atoms with Crippen molar-refractivity contribution < 1.29 is 4.21 Å². The van der Waals surface area contributed by atoms with Gasteiger partial charge in [-0.3, -0.25) is 4.21 Å². The fraction of sp³-hybridized carbons (Fsp3) is 0.417. The lowest BCUT2D eigenvalue weighted by atomic mass is 10.2. The van der Waals surface area contributed by atoms with E-state index in [9.17, 15) is 4.21 Å². The van der Waals surface area contributed by atoms with Gasteiger partial charge in [0.05, 0.1) is 10.2 Å². The summed E-state index contributed by atoms with van der Waals surface area (Å²) in [6.45, 7) is 0. The number of thiazole rings is 1. The Labute approximate surface area is 107 Å². The van der Waals surface area contributed by atoms with E-state index in [2.05, 4.69) is 16.4 Å². The van der Waals surface area contributed by atoms with Crippen LogP contribution in [0.5, 0.6) is 0 Å². The van der Waals surface area contributed by atoms with Crippen LogP contribution in [0, 0.1) is 0 Å². The maximum Gasteiger partial charge on any atom is 0.184 e. The van der Waals surface area contributed by atoms with Crippen molar-refractivity contribution in [1.29, 1.82) is 0 Å². The summed E-state index contributed by atoms with van der Waals surface area (Å²) in [7, 11) is -0.591. The third-order valence-corrected chi connectivity index (χ3v) is 5.36. The van der Waals surface area contributed by atoms with E-state index >= 15 is 0 Å². The minimum Gasteiger partial charge on any atom is -0.359 e. The highest BCUT2D eigenvalue weighted by Gasteiger charge is 2.18. The Kier molecular flexibility index (Phi) is 3.11. The molecule has 1 aliphatic rings. The molecule has 2 aromatic rings. The number of hydrogen-bond acceptors (Lipinski definition) is 4. The quantitative estimate of drug-likeness (QED) is 0.908. The fourth-order valence-corrected chi connectivity index (χ4v) is 4.29. The maximum atomic E-state index is 11.3. The molecule has 0 bridgehead atoms. The van der Waals surface area contributed by atoms with Crippen LogP contribution >= 0.6 is 11.3 Å². The van der Waals surface area contributed by atoms with E-state index in [1.54, 1.807) is 11.3 Å². The molecule has 0 spiro atoms. The third-order valence-electron chi connectivity index (χ3n) is 3.01. The van der Waals surface area contributed by atoms with E-state index in [0.717, 1.165) is 35.0 Å². The predicted octanol–water partition coefficient (Wildman–Crippen LogP) is 2.62. The summed E-state index contributed by atoms with van der Waals surface area (Å²) in [5.74, 6) is 1.64. The van der Waals surface area contributed by atoms with Crippen molar-refractivity contribution >= 4 is 37.5 Å². The van der Waals surface area contributed by atoms with Crippen LogP contribution in [0.2, 0.25) is 0 Å². The number of para-hydroxylation sites is 1. The number of nitrogens with one attached hydrogen (secondary N) is 1. The van der Waals surface area contributed by atoms with Crippen molar-refractivity contribution in [3.05, 3.63) is 24.3 Å². The summed E-state index contributed by atoms with van der Waals surface area (Å²) < 4.78 is 12.5. The smallest absolute Gasteiger partial charge is 0.184 e. The maximum absolute atomic E-state index is 11.3. The van der Waals surface area contributed by atoms with Crippen molar-refractivity contribution in [2.45, 2.75) is 18.9 Å². The van der Waals surface area contributed by atoms with E-state index in [4.69, 9.17) is 0 Å². The molecule has 17 heavy (non-hydrogen) atoms. The van der Waals surface area contributed by atoms with E-state index in [1.165, 1.54) is 4.70 Å². The summed E-state index contributed by atoms with van der Waals surface area (Å²) >= 11 is 1.69.